The maximum Gasteiger partial charge on any atom is 0.202 e. The number of aryl methyl sites for hydroxylation is 1. The molecular formula is C22H23N7O. The van der Waals surface area contributed by atoms with E-state index >= 15 is 0 Å². The van der Waals surface area contributed by atoms with Gasteiger partial charge < -0.3 is 19.2 Å². The molecule has 4 heterocycles. The Morgan fingerprint density at radius 2 is 2.20 bits per heavy atom. The molecule has 5 rings (SSSR count). The highest BCUT2D eigenvalue weighted by molar-refractivity contribution is 6.02. The Morgan fingerprint density at radius 1 is 1.30 bits per heavy atom. The van der Waals surface area contributed by atoms with Crippen LogP contribution in [0.5, 0.6) is 0 Å². The van der Waals surface area contributed by atoms with Gasteiger partial charge in [0.1, 0.15) is 11.3 Å². The lowest BCUT2D eigenvalue weighted by Gasteiger charge is -2.30. The van der Waals surface area contributed by atoms with Gasteiger partial charge in [0.25, 0.3) is 0 Å². The highest BCUT2D eigenvalue weighted by Gasteiger charge is 2.26. The Morgan fingerprint density at radius 3 is 2.97 bits per heavy atom. The number of anilines is 1. The zero-order valence-corrected chi connectivity index (χ0v) is 17.0. The molecule has 3 aromatic heterocycles. The number of rotatable bonds is 4. The first-order chi connectivity index (χ1) is 14.6. The van der Waals surface area contributed by atoms with Gasteiger partial charge in [0.05, 0.1) is 41.5 Å². The fraction of sp³-hybridized carbons (Fsp3) is 0.364. The van der Waals surface area contributed by atoms with Crippen LogP contribution in [0.15, 0.2) is 36.8 Å². The SMILES string of the molecule is C[C@@H]1CC(n2c(CNc3nccn3C)nc3cnc4ccc(C#N)cc4c32)CCO1. The maximum absolute atomic E-state index is 9.41. The Labute approximate surface area is 174 Å². The van der Waals surface area contributed by atoms with Gasteiger partial charge in [-0.05, 0) is 38.0 Å². The molecule has 30 heavy (non-hydrogen) atoms. The Kier molecular flexibility index (Phi) is 4.60. The second-order valence-electron chi connectivity index (χ2n) is 7.81. The highest BCUT2D eigenvalue weighted by atomic mass is 16.5. The van der Waals surface area contributed by atoms with Crippen LogP contribution in [0.2, 0.25) is 0 Å². The average Bonchev–Trinajstić information content (AvgIpc) is 3.34. The van der Waals surface area contributed by atoms with Crippen molar-refractivity contribution in [1.82, 2.24) is 24.1 Å². The standard InChI is InChI=1S/C22H23N7O/c1-14-9-16(5-8-30-14)29-20(13-26-22-24-6-7-28(22)2)27-19-12-25-18-4-3-15(11-23)10-17(18)21(19)29/h3-4,6-7,10,12,14,16H,5,8-9,13H2,1-2H3,(H,24,26)/t14-,16?/m1/s1. The van der Waals surface area contributed by atoms with Crippen LogP contribution in [0.25, 0.3) is 21.9 Å². The molecule has 1 aliphatic heterocycles. The summed E-state index contributed by atoms with van der Waals surface area (Å²) in [4.78, 5) is 13.9. The van der Waals surface area contributed by atoms with Gasteiger partial charge in [0.2, 0.25) is 5.95 Å². The molecule has 0 radical (unpaired) electrons. The van der Waals surface area contributed by atoms with E-state index in [1.807, 2.05) is 42.2 Å². The molecule has 0 amide bonds. The topological polar surface area (TPSA) is 93.6 Å². The third-order valence-electron chi connectivity index (χ3n) is 5.77. The normalized spacial score (nSPS) is 19.2. The van der Waals surface area contributed by atoms with E-state index in [4.69, 9.17) is 9.72 Å². The molecule has 1 saturated heterocycles. The predicted molar refractivity (Wildman–Crippen MR) is 114 cm³/mol. The third kappa shape index (κ3) is 3.17. The van der Waals surface area contributed by atoms with Gasteiger partial charge in [-0.3, -0.25) is 4.98 Å². The summed E-state index contributed by atoms with van der Waals surface area (Å²) in [6, 6.07) is 8.15. The van der Waals surface area contributed by atoms with E-state index in [2.05, 4.69) is 32.8 Å². The molecule has 152 valence electrons. The molecule has 1 aromatic carbocycles. The summed E-state index contributed by atoms with van der Waals surface area (Å²) in [5.74, 6) is 1.73. The van der Waals surface area contributed by atoms with E-state index in [9.17, 15) is 5.26 Å². The van der Waals surface area contributed by atoms with Crippen molar-refractivity contribution in [3.63, 3.8) is 0 Å². The van der Waals surface area contributed by atoms with Crippen molar-refractivity contribution < 1.29 is 4.74 Å². The first-order valence-electron chi connectivity index (χ1n) is 10.2. The number of ether oxygens (including phenoxy) is 1. The summed E-state index contributed by atoms with van der Waals surface area (Å²) in [5.41, 5.74) is 3.37. The van der Waals surface area contributed by atoms with Crippen LogP contribution < -0.4 is 5.32 Å². The van der Waals surface area contributed by atoms with Gasteiger partial charge in [-0.25, -0.2) is 9.97 Å². The van der Waals surface area contributed by atoms with Crippen LogP contribution in [0, 0.1) is 11.3 Å². The minimum Gasteiger partial charge on any atom is -0.378 e. The minimum absolute atomic E-state index is 0.194. The van der Waals surface area contributed by atoms with Crippen molar-refractivity contribution in [2.24, 2.45) is 7.05 Å². The number of fused-ring (bicyclic) bond motifs is 3. The number of benzene rings is 1. The van der Waals surface area contributed by atoms with Crippen molar-refractivity contribution in [3.8, 4) is 6.07 Å². The number of nitrogens with zero attached hydrogens (tertiary/aromatic N) is 6. The van der Waals surface area contributed by atoms with Crippen molar-refractivity contribution in [2.75, 3.05) is 11.9 Å². The largest absolute Gasteiger partial charge is 0.378 e. The summed E-state index contributed by atoms with van der Waals surface area (Å²) in [5, 5.41) is 13.8. The Hall–Kier alpha value is -3.44. The molecule has 0 spiro atoms. The first-order valence-corrected chi connectivity index (χ1v) is 10.2. The van der Waals surface area contributed by atoms with Crippen molar-refractivity contribution in [2.45, 2.75) is 38.5 Å². The molecule has 4 aromatic rings. The summed E-state index contributed by atoms with van der Waals surface area (Å²) >= 11 is 0. The minimum atomic E-state index is 0.194. The lowest BCUT2D eigenvalue weighted by molar-refractivity contribution is 0.00629. The van der Waals surface area contributed by atoms with Gasteiger partial charge in [-0.1, -0.05) is 0 Å². The number of aromatic nitrogens is 5. The Balaban J connectivity index is 1.68. The maximum atomic E-state index is 9.41. The molecular weight excluding hydrogens is 378 g/mol. The molecule has 1 unspecified atom stereocenters. The average molecular weight is 401 g/mol. The molecule has 1 N–H and O–H groups in total. The van der Waals surface area contributed by atoms with Gasteiger partial charge in [0, 0.05) is 37.5 Å². The smallest absolute Gasteiger partial charge is 0.202 e. The predicted octanol–water partition coefficient (Wildman–Crippen LogP) is 3.54. The molecule has 8 heteroatoms. The summed E-state index contributed by atoms with van der Waals surface area (Å²) in [7, 11) is 1.96. The molecule has 8 nitrogen and oxygen atoms in total. The number of imidazole rings is 2. The number of nitrogens with one attached hydrogen (secondary N) is 1. The van der Waals surface area contributed by atoms with E-state index in [0.717, 1.165) is 53.2 Å². The van der Waals surface area contributed by atoms with Crippen LogP contribution in [0.1, 0.15) is 37.2 Å². The zero-order valence-electron chi connectivity index (χ0n) is 17.0. The molecule has 0 bridgehead atoms. The number of pyridine rings is 1. The molecule has 0 aliphatic carbocycles. The van der Waals surface area contributed by atoms with E-state index < -0.39 is 0 Å². The molecule has 1 fully saturated rings. The highest BCUT2D eigenvalue weighted by Crippen LogP contribution is 2.34. The van der Waals surface area contributed by atoms with E-state index in [-0.39, 0.29) is 12.1 Å². The quantitative estimate of drug-likeness (QED) is 0.562. The third-order valence-corrected chi connectivity index (χ3v) is 5.77. The fourth-order valence-electron chi connectivity index (χ4n) is 4.32. The van der Waals surface area contributed by atoms with Gasteiger partial charge in [0.15, 0.2) is 0 Å². The fourth-order valence-corrected chi connectivity index (χ4v) is 4.32. The van der Waals surface area contributed by atoms with E-state index in [1.165, 1.54) is 0 Å². The molecule has 2 atom stereocenters. The van der Waals surface area contributed by atoms with Crippen LogP contribution in [-0.4, -0.2) is 36.8 Å². The number of hydrogen-bond donors (Lipinski definition) is 1. The van der Waals surface area contributed by atoms with E-state index in [0.29, 0.717) is 12.1 Å². The van der Waals surface area contributed by atoms with Crippen LogP contribution in [0.4, 0.5) is 5.95 Å². The molecule has 0 saturated carbocycles. The van der Waals surface area contributed by atoms with Gasteiger partial charge >= 0.3 is 0 Å². The lowest BCUT2D eigenvalue weighted by Crippen LogP contribution is -2.27. The van der Waals surface area contributed by atoms with Crippen LogP contribution in [-0.2, 0) is 18.3 Å². The van der Waals surface area contributed by atoms with Gasteiger partial charge in [-0.2, -0.15) is 5.26 Å². The summed E-state index contributed by atoms with van der Waals surface area (Å²) < 4.78 is 10.1. The summed E-state index contributed by atoms with van der Waals surface area (Å²) in [6.45, 7) is 3.39. The second kappa shape index (κ2) is 7.43. The van der Waals surface area contributed by atoms with Gasteiger partial charge in [-0.15, -0.1) is 0 Å². The van der Waals surface area contributed by atoms with Crippen molar-refractivity contribution in [3.05, 3.63) is 48.2 Å². The Bertz CT molecular complexity index is 1270. The zero-order chi connectivity index (χ0) is 20.7. The molecule has 1 aliphatic rings. The second-order valence-corrected chi connectivity index (χ2v) is 7.81. The van der Waals surface area contributed by atoms with Crippen molar-refractivity contribution >= 4 is 27.9 Å². The van der Waals surface area contributed by atoms with Crippen molar-refractivity contribution in [1.29, 1.82) is 5.26 Å². The van der Waals surface area contributed by atoms with Crippen LogP contribution >= 0.6 is 0 Å². The number of nitriles is 1. The monoisotopic (exact) mass is 401 g/mol. The van der Waals surface area contributed by atoms with E-state index in [1.54, 1.807) is 6.20 Å². The first kappa shape index (κ1) is 18.6. The summed E-state index contributed by atoms with van der Waals surface area (Å²) in [6.07, 6.45) is 7.54. The van der Waals surface area contributed by atoms with Crippen LogP contribution in [0.3, 0.4) is 0 Å². The lowest BCUT2D eigenvalue weighted by atomic mass is 10.0. The number of hydrogen-bond acceptors (Lipinski definition) is 6.